The number of rotatable bonds is 3. The molecule has 7 heteroatoms. The normalized spacial score (nSPS) is 16.3. The van der Waals surface area contributed by atoms with Gasteiger partial charge in [0.25, 0.3) is 0 Å². The Labute approximate surface area is 136 Å². The third-order valence-corrected chi connectivity index (χ3v) is 5.24. The van der Waals surface area contributed by atoms with Gasteiger partial charge in [-0.25, -0.2) is 8.42 Å². The van der Waals surface area contributed by atoms with E-state index in [0.717, 1.165) is 15.6 Å². The van der Waals surface area contributed by atoms with E-state index in [-0.39, 0.29) is 24.3 Å². The van der Waals surface area contributed by atoms with Crippen molar-refractivity contribution in [1.29, 1.82) is 0 Å². The molecule has 1 aliphatic rings. The van der Waals surface area contributed by atoms with E-state index in [9.17, 15) is 8.42 Å². The van der Waals surface area contributed by atoms with Gasteiger partial charge in [-0.3, -0.25) is 4.84 Å². The van der Waals surface area contributed by atoms with Crippen LogP contribution in [-0.4, -0.2) is 18.0 Å². The summed E-state index contributed by atoms with van der Waals surface area (Å²) in [5, 5.41) is 3.87. The van der Waals surface area contributed by atoms with Crippen LogP contribution in [0.25, 0.3) is 0 Å². The maximum Gasteiger partial charge on any atom is 0.242 e. The molecule has 1 aliphatic heterocycles. The molecule has 23 heavy (non-hydrogen) atoms. The first-order chi connectivity index (χ1) is 10.8. The lowest BCUT2D eigenvalue weighted by Crippen LogP contribution is -2.35. The smallest absolute Gasteiger partial charge is 0.242 e. The molecule has 1 aromatic carbocycles. The summed E-state index contributed by atoms with van der Waals surface area (Å²) >= 11 is 0. The highest BCUT2D eigenvalue weighted by Crippen LogP contribution is 2.26. The summed E-state index contributed by atoms with van der Waals surface area (Å²) in [6.45, 7) is 6.41. The topological polar surface area (TPSA) is 72.6 Å². The number of hydroxylamine groups is 1. The van der Waals surface area contributed by atoms with Crippen LogP contribution < -0.4 is 0 Å². The van der Waals surface area contributed by atoms with Crippen molar-refractivity contribution >= 4 is 10.0 Å². The summed E-state index contributed by atoms with van der Waals surface area (Å²) in [5.41, 5.74) is 2.14. The van der Waals surface area contributed by atoms with E-state index in [1.165, 1.54) is 0 Å². The Morgan fingerprint density at radius 3 is 2.57 bits per heavy atom. The summed E-state index contributed by atoms with van der Waals surface area (Å²) in [7, 11) is -3.62. The Balaban J connectivity index is 1.77. The molecule has 124 valence electrons. The summed E-state index contributed by atoms with van der Waals surface area (Å²) in [5.74, 6) is 0.418. The predicted molar refractivity (Wildman–Crippen MR) is 84.6 cm³/mol. The number of sulfonamides is 1. The zero-order valence-electron chi connectivity index (χ0n) is 13.4. The monoisotopic (exact) mass is 336 g/mol. The van der Waals surface area contributed by atoms with E-state index in [2.05, 4.69) is 5.16 Å². The van der Waals surface area contributed by atoms with Crippen molar-refractivity contribution in [1.82, 2.24) is 9.63 Å². The number of nitrogens with zero attached hydrogens (tertiary/aromatic N) is 2. The van der Waals surface area contributed by atoms with Crippen LogP contribution in [0.15, 0.2) is 34.9 Å². The van der Waals surface area contributed by atoms with Crippen molar-refractivity contribution in [3.8, 4) is 0 Å². The molecule has 0 saturated carbocycles. The van der Waals surface area contributed by atoms with E-state index in [1.54, 1.807) is 6.07 Å². The van der Waals surface area contributed by atoms with Gasteiger partial charge in [0.15, 0.2) is 0 Å². The van der Waals surface area contributed by atoms with E-state index in [4.69, 9.17) is 9.36 Å². The van der Waals surface area contributed by atoms with E-state index in [1.807, 2.05) is 45.0 Å². The number of fused-ring (bicyclic) bond motifs is 1. The predicted octanol–water partition coefficient (Wildman–Crippen LogP) is 2.75. The maximum atomic E-state index is 12.5. The molecule has 0 atom stereocenters. The minimum Gasteiger partial charge on any atom is -0.361 e. The van der Waals surface area contributed by atoms with Crippen LogP contribution in [0.2, 0.25) is 0 Å². The second-order valence-electron chi connectivity index (χ2n) is 6.69. The Bertz CT molecular complexity index is 805. The number of hydrogen-bond donors (Lipinski definition) is 0. The van der Waals surface area contributed by atoms with Crippen molar-refractivity contribution in [2.24, 2.45) is 0 Å². The molecule has 0 N–H and O–H groups in total. The second-order valence-corrected chi connectivity index (χ2v) is 8.55. The van der Waals surface area contributed by atoms with Gasteiger partial charge in [0.1, 0.15) is 17.2 Å². The molecule has 0 aliphatic carbocycles. The quantitative estimate of drug-likeness (QED) is 0.862. The largest absolute Gasteiger partial charge is 0.361 e. The van der Waals surface area contributed by atoms with Crippen molar-refractivity contribution in [3.05, 3.63) is 52.9 Å². The highest BCUT2D eigenvalue weighted by atomic mass is 32.2. The molecule has 6 nitrogen and oxygen atoms in total. The molecule has 0 radical (unpaired) electrons. The summed E-state index contributed by atoms with van der Waals surface area (Å²) < 4.78 is 31.4. The van der Waals surface area contributed by atoms with Gasteiger partial charge >= 0.3 is 0 Å². The van der Waals surface area contributed by atoms with Crippen LogP contribution in [0.5, 0.6) is 0 Å². The van der Waals surface area contributed by atoms with Crippen molar-refractivity contribution in [3.63, 3.8) is 0 Å². The summed E-state index contributed by atoms with van der Waals surface area (Å²) in [6.07, 6.45) is 0. The molecular formula is C16H20N2O4S. The first-order valence-corrected chi connectivity index (χ1v) is 9.03. The highest BCUT2D eigenvalue weighted by molar-refractivity contribution is 7.88. The van der Waals surface area contributed by atoms with Crippen LogP contribution in [-0.2, 0) is 39.2 Å². The van der Waals surface area contributed by atoms with Crippen LogP contribution in [0.4, 0.5) is 0 Å². The molecule has 2 heterocycles. The lowest BCUT2D eigenvalue weighted by atomic mass is 9.93. The molecule has 3 rings (SSSR count). The average Bonchev–Trinajstić information content (AvgIpc) is 2.94. The van der Waals surface area contributed by atoms with Crippen molar-refractivity contribution in [2.45, 2.75) is 45.1 Å². The average molecular weight is 336 g/mol. The Kier molecular flexibility index (Phi) is 4.03. The molecule has 0 fully saturated rings. The molecule has 0 amide bonds. The molecule has 2 aromatic rings. The Morgan fingerprint density at radius 1 is 1.22 bits per heavy atom. The van der Waals surface area contributed by atoms with Crippen LogP contribution >= 0.6 is 0 Å². The summed E-state index contributed by atoms with van der Waals surface area (Å²) in [6, 6.07) is 9.34. The van der Waals surface area contributed by atoms with Crippen molar-refractivity contribution < 1.29 is 17.8 Å². The fourth-order valence-electron chi connectivity index (χ4n) is 2.35. The van der Waals surface area contributed by atoms with Gasteiger partial charge in [-0.05, 0) is 11.1 Å². The molecule has 0 unspecified atom stereocenters. The molecule has 0 saturated heterocycles. The zero-order chi connectivity index (χ0) is 16.7. The minimum absolute atomic E-state index is 0.211. The first-order valence-electron chi connectivity index (χ1n) is 7.42. The molecule has 1 aromatic heterocycles. The molecule has 0 spiro atoms. The minimum atomic E-state index is -3.62. The number of benzene rings is 1. The Hall–Kier alpha value is -1.70. The zero-order valence-corrected chi connectivity index (χ0v) is 14.3. The van der Waals surface area contributed by atoms with Gasteiger partial charge < -0.3 is 4.52 Å². The van der Waals surface area contributed by atoms with Crippen LogP contribution in [0, 0.1) is 0 Å². The lowest BCUT2D eigenvalue weighted by molar-refractivity contribution is -0.114. The van der Waals surface area contributed by atoms with E-state index in [0.29, 0.717) is 11.5 Å². The van der Waals surface area contributed by atoms with E-state index < -0.39 is 10.0 Å². The third-order valence-electron chi connectivity index (χ3n) is 3.72. The van der Waals surface area contributed by atoms with Gasteiger partial charge in [0.05, 0.1) is 13.2 Å². The third kappa shape index (κ3) is 3.46. The lowest BCUT2D eigenvalue weighted by Gasteiger charge is -2.27. The Morgan fingerprint density at radius 2 is 1.91 bits per heavy atom. The first kappa shape index (κ1) is 16.2. The summed E-state index contributed by atoms with van der Waals surface area (Å²) in [4.78, 5) is 5.40. The van der Waals surface area contributed by atoms with Crippen molar-refractivity contribution in [2.75, 3.05) is 0 Å². The number of hydrogen-bond acceptors (Lipinski definition) is 5. The van der Waals surface area contributed by atoms with Gasteiger partial charge in [0.2, 0.25) is 10.0 Å². The fourth-order valence-corrected chi connectivity index (χ4v) is 3.55. The maximum absolute atomic E-state index is 12.5. The van der Waals surface area contributed by atoms with Gasteiger partial charge in [-0.2, -0.15) is 0 Å². The second kappa shape index (κ2) is 5.74. The van der Waals surface area contributed by atoms with Crippen LogP contribution in [0.3, 0.4) is 0 Å². The molecular weight excluding hydrogens is 316 g/mol. The highest BCUT2D eigenvalue weighted by Gasteiger charge is 2.30. The van der Waals surface area contributed by atoms with Gasteiger partial charge in [-0.15, -0.1) is 0 Å². The van der Waals surface area contributed by atoms with E-state index >= 15 is 0 Å². The van der Waals surface area contributed by atoms with Gasteiger partial charge in [-0.1, -0.05) is 54.7 Å². The number of aromatic nitrogens is 1. The standard InChI is InChI=1S/C16H20N2O4S/c1-16(2,3)15-8-14(17-22-15)11-23(19,20)18-9-12-6-4-5-7-13(12)10-21-18/h4-8H,9-11H2,1-3H3. The SMILES string of the molecule is CC(C)(C)c1cc(CS(=O)(=O)N2Cc3ccccc3CO2)no1. The molecule has 0 bridgehead atoms. The van der Waals surface area contributed by atoms with Gasteiger partial charge in [0, 0.05) is 11.5 Å². The fraction of sp³-hybridized carbons (Fsp3) is 0.438. The van der Waals surface area contributed by atoms with Crippen LogP contribution in [0.1, 0.15) is 43.4 Å².